The number of halogens is 2. The van der Waals surface area contributed by atoms with E-state index in [0.29, 0.717) is 18.7 Å². The van der Waals surface area contributed by atoms with Crippen LogP contribution in [-0.2, 0) is 6.42 Å². The molecule has 1 rings (SSSR count). The molecule has 0 radical (unpaired) electrons. The molecular formula is C8H10ClFN2O2. The van der Waals surface area contributed by atoms with Crippen molar-refractivity contribution in [2.75, 3.05) is 6.54 Å². The topological polar surface area (TPSA) is 76.2 Å². The Labute approximate surface area is 85.1 Å². The Morgan fingerprint density at radius 3 is 2.71 bits per heavy atom. The zero-order valence-electron chi connectivity index (χ0n) is 7.24. The molecule has 1 aromatic heterocycles. The average molecular weight is 221 g/mol. The van der Waals surface area contributed by atoms with Crippen LogP contribution in [0, 0.1) is 0 Å². The van der Waals surface area contributed by atoms with Crippen molar-refractivity contribution in [2.24, 2.45) is 5.73 Å². The highest BCUT2D eigenvalue weighted by molar-refractivity contribution is 6.29. The lowest BCUT2D eigenvalue weighted by Crippen LogP contribution is -2.10. The van der Waals surface area contributed by atoms with E-state index in [4.69, 9.17) is 22.4 Å². The van der Waals surface area contributed by atoms with E-state index in [2.05, 4.69) is 4.98 Å². The van der Waals surface area contributed by atoms with Crippen LogP contribution in [0.25, 0.3) is 0 Å². The minimum absolute atomic E-state index is 0. The predicted molar refractivity (Wildman–Crippen MR) is 51.5 cm³/mol. The van der Waals surface area contributed by atoms with Crippen LogP contribution < -0.4 is 5.73 Å². The van der Waals surface area contributed by atoms with E-state index in [9.17, 15) is 4.79 Å². The second-order valence-corrected chi connectivity index (χ2v) is 2.86. The lowest BCUT2D eigenvalue weighted by atomic mass is 10.1. The molecular weight excluding hydrogens is 211 g/mol. The van der Waals surface area contributed by atoms with Gasteiger partial charge < -0.3 is 10.8 Å². The molecule has 0 aliphatic rings. The molecule has 0 amide bonds. The number of aromatic carboxylic acids is 1. The SMILES string of the molecule is F.NCCc1nc(Cl)ccc1C(=O)O. The van der Waals surface area contributed by atoms with E-state index in [0.717, 1.165) is 0 Å². The lowest BCUT2D eigenvalue weighted by Gasteiger charge is -2.03. The van der Waals surface area contributed by atoms with Gasteiger partial charge >= 0.3 is 5.97 Å². The largest absolute Gasteiger partial charge is 0.478 e. The van der Waals surface area contributed by atoms with Gasteiger partial charge in [0.05, 0.1) is 11.3 Å². The van der Waals surface area contributed by atoms with E-state index in [1.165, 1.54) is 12.1 Å². The van der Waals surface area contributed by atoms with Crippen molar-refractivity contribution >= 4 is 17.6 Å². The van der Waals surface area contributed by atoms with Gasteiger partial charge in [-0.3, -0.25) is 4.70 Å². The minimum Gasteiger partial charge on any atom is -0.478 e. The molecule has 14 heavy (non-hydrogen) atoms. The van der Waals surface area contributed by atoms with Gasteiger partial charge in [-0.1, -0.05) is 11.6 Å². The number of carboxylic acids is 1. The first-order chi connectivity index (χ1) is 6.15. The summed E-state index contributed by atoms with van der Waals surface area (Å²) >= 11 is 5.61. The normalized spacial score (nSPS) is 9.29. The number of hydrogen-bond acceptors (Lipinski definition) is 3. The molecule has 0 fully saturated rings. The summed E-state index contributed by atoms with van der Waals surface area (Å²) in [5.74, 6) is -1.01. The number of carboxylic acid groups (broad SMARTS) is 1. The summed E-state index contributed by atoms with van der Waals surface area (Å²) in [6.07, 6.45) is 0.419. The number of rotatable bonds is 3. The van der Waals surface area contributed by atoms with Crippen LogP contribution >= 0.6 is 11.6 Å². The van der Waals surface area contributed by atoms with Crippen molar-refractivity contribution in [1.82, 2.24) is 4.98 Å². The first-order valence-electron chi connectivity index (χ1n) is 3.74. The van der Waals surface area contributed by atoms with Gasteiger partial charge in [0, 0.05) is 6.42 Å². The standard InChI is InChI=1S/C8H9ClN2O2.FH/c9-7-2-1-5(8(12)13)6(11-7)3-4-10;/h1-2H,3-4,10H2,(H,12,13);1H. The number of carbonyl (C=O) groups is 1. The van der Waals surface area contributed by atoms with Gasteiger partial charge in [-0.25, -0.2) is 9.78 Å². The zero-order valence-corrected chi connectivity index (χ0v) is 7.99. The average Bonchev–Trinajstić information content (AvgIpc) is 2.04. The maximum absolute atomic E-state index is 10.7. The van der Waals surface area contributed by atoms with Gasteiger partial charge in [0.2, 0.25) is 0 Å². The Morgan fingerprint density at radius 2 is 2.21 bits per heavy atom. The first kappa shape index (κ1) is 12.8. The summed E-state index contributed by atoms with van der Waals surface area (Å²) in [5, 5.41) is 9.04. The van der Waals surface area contributed by atoms with Gasteiger partial charge in [0.1, 0.15) is 5.15 Å². The molecule has 0 saturated heterocycles. The Balaban J connectivity index is 0.00000169. The summed E-state index contributed by atoms with van der Waals surface area (Å²) < 4.78 is 0. The van der Waals surface area contributed by atoms with Crippen molar-refractivity contribution < 1.29 is 14.6 Å². The predicted octanol–water partition coefficient (Wildman–Crippen LogP) is 1.09. The second kappa shape index (κ2) is 5.51. The third-order valence-electron chi connectivity index (χ3n) is 1.55. The van der Waals surface area contributed by atoms with Crippen molar-refractivity contribution in [1.29, 1.82) is 0 Å². The summed E-state index contributed by atoms with van der Waals surface area (Å²) in [5.41, 5.74) is 5.90. The van der Waals surface area contributed by atoms with Crippen molar-refractivity contribution in [2.45, 2.75) is 6.42 Å². The van der Waals surface area contributed by atoms with Crippen molar-refractivity contribution in [3.05, 3.63) is 28.5 Å². The Kier molecular flexibility index (Phi) is 5.04. The quantitative estimate of drug-likeness (QED) is 0.748. The van der Waals surface area contributed by atoms with E-state index >= 15 is 0 Å². The summed E-state index contributed by atoms with van der Waals surface area (Å²) in [6.45, 7) is 0.355. The van der Waals surface area contributed by atoms with Gasteiger partial charge in [-0.2, -0.15) is 0 Å². The van der Waals surface area contributed by atoms with Crippen LogP contribution in [0.5, 0.6) is 0 Å². The smallest absolute Gasteiger partial charge is 0.337 e. The Bertz CT molecular complexity index is 333. The lowest BCUT2D eigenvalue weighted by molar-refractivity contribution is 0.0695. The number of aromatic nitrogens is 1. The van der Waals surface area contributed by atoms with Gasteiger partial charge in [-0.05, 0) is 18.7 Å². The molecule has 0 aliphatic carbocycles. The van der Waals surface area contributed by atoms with Crippen LogP contribution in [0.1, 0.15) is 16.1 Å². The summed E-state index contributed by atoms with van der Waals surface area (Å²) in [6, 6.07) is 2.88. The van der Waals surface area contributed by atoms with E-state index in [1.54, 1.807) is 0 Å². The van der Waals surface area contributed by atoms with Gasteiger partial charge in [-0.15, -0.1) is 0 Å². The first-order valence-corrected chi connectivity index (χ1v) is 4.11. The summed E-state index contributed by atoms with van der Waals surface area (Å²) in [7, 11) is 0. The van der Waals surface area contributed by atoms with E-state index in [-0.39, 0.29) is 15.4 Å². The molecule has 0 saturated carbocycles. The van der Waals surface area contributed by atoms with Crippen LogP contribution in [0.2, 0.25) is 5.15 Å². The molecule has 0 aromatic carbocycles. The fourth-order valence-corrected chi connectivity index (χ4v) is 1.16. The molecule has 78 valence electrons. The van der Waals surface area contributed by atoms with E-state index < -0.39 is 5.97 Å². The minimum atomic E-state index is -1.01. The van der Waals surface area contributed by atoms with E-state index in [1.807, 2.05) is 0 Å². The Morgan fingerprint density at radius 1 is 1.57 bits per heavy atom. The molecule has 0 bridgehead atoms. The number of nitrogens with zero attached hydrogens (tertiary/aromatic N) is 1. The highest BCUT2D eigenvalue weighted by Gasteiger charge is 2.10. The zero-order chi connectivity index (χ0) is 9.84. The third-order valence-corrected chi connectivity index (χ3v) is 1.76. The molecule has 6 heteroatoms. The number of pyridine rings is 1. The highest BCUT2D eigenvalue weighted by atomic mass is 35.5. The number of nitrogens with two attached hydrogens (primary N) is 1. The highest BCUT2D eigenvalue weighted by Crippen LogP contribution is 2.11. The molecule has 0 spiro atoms. The van der Waals surface area contributed by atoms with Crippen LogP contribution in [0.3, 0.4) is 0 Å². The molecule has 0 aliphatic heterocycles. The fourth-order valence-electron chi connectivity index (χ4n) is 0.997. The maximum atomic E-state index is 10.7. The molecule has 0 unspecified atom stereocenters. The molecule has 4 nitrogen and oxygen atoms in total. The number of hydrogen-bond donors (Lipinski definition) is 2. The molecule has 3 N–H and O–H groups in total. The maximum Gasteiger partial charge on any atom is 0.337 e. The molecule has 1 heterocycles. The second-order valence-electron chi connectivity index (χ2n) is 2.47. The molecule has 1 aromatic rings. The van der Waals surface area contributed by atoms with Gasteiger partial charge in [0.25, 0.3) is 0 Å². The Hall–Kier alpha value is -1.20. The van der Waals surface area contributed by atoms with Crippen LogP contribution in [0.4, 0.5) is 4.70 Å². The third kappa shape index (κ3) is 2.93. The summed E-state index contributed by atoms with van der Waals surface area (Å²) in [4.78, 5) is 14.6. The molecule has 0 atom stereocenters. The van der Waals surface area contributed by atoms with Crippen molar-refractivity contribution in [3.8, 4) is 0 Å². The van der Waals surface area contributed by atoms with Crippen LogP contribution in [-0.4, -0.2) is 22.6 Å². The van der Waals surface area contributed by atoms with Crippen LogP contribution in [0.15, 0.2) is 12.1 Å². The monoisotopic (exact) mass is 220 g/mol. The fraction of sp³-hybridized carbons (Fsp3) is 0.250. The van der Waals surface area contributed by atoms with Gasteiger partial charge in [0.15, 0.2) is 0 Å². The van der Waals surface area contributed by atoms with Crippen molar-refractivity contribution in [3.63, 3.8) is 0 Å².